The fourth-order valence-corrected chi connectivity index (χ4v) is 2.21. The van der Waals surface area contributed by atoms with Crippen LogP contribution >= 0.6 is 0 Å². The van der Waals surface area contributed by atoms with Crippen LogP contribution in [0.3, 0.4) is 0 Å². The molecule has 0 aromatic heterocycles. The normalized spacial score (nSPS) is 19.3. The van der Waals surface area contributed by atoms with E-state index in [1.165, 1.54) is 6.07 Å². The molecule has 0 saturated carbocycles. The zero-order valence-corrected chi connectivity index (χ0v) is 11.2. The van der Waals surface area contributed by atoms with Crippen molar-refractivity contribution in [1.82, 2.24) is 0 Å². The van der Waals surface area contributed by atoms with Gasteiger partial charge in [0.25, 0.3) is 0 Å². The Hall–Kier alpha value is -1.82. The topological polar surface area (TPSA) is 64.8 Å². The maximum atomic E-state index is 10.9. The van der Waals surface area contributed by atoms with E-state index in [-0.39, 0.29) is 11.7 Å². The van der Waals surface area contributed by atoms with E-state index in [1.54, 1.807) is 12.1 Å². The van der Waals surface area contributed by atoms with Crippen molar-refractivity contribution in [1.29, 1.82) is 0 Å². The Bertz CT molecular complexity index is 464. The Kier molecular flexibility index (Phi) is 4.21. The number of anilines is 1. The molecular weight excluding hydrogens is 248 g/mol. The van der Waals surface area contributed by atoms with Gasteiger partial charge in [-0.15, -0.1) is 0 Å². The number of hydrogen-bond donors (Lipinski definition) is 0. The smallest absolute Gasteiger partial charge is 0.311 e. The first-order chi connectivity index (χ1) is 9.13. The van der Waals surface area contributed by atoms with Gasteiger partial charge in [-0.25, -0.2) is 0 Å². The average Bonchev–Trinajstić information content (AvgIpc) is 2.39. The summed E-state index contributed by atoms with van der Waals surface area (Å²) < 4.78 is 10.8. The molecule has 1 aliphatic rings. The third-order valence-corrected chi connectivity index (χ3v) is 3.14. The molecule has 1 atom stereocenters. The zero-order valence-electron chi connectivity index (χ0n) is 11.2. The summed E-state index contributed by atoms with van der Waals surface area (Å²) in [5.74, 6) is 0.323. The molecule has 1 aromatic rings. The predicted octanol–water partition coefficient (Wildman–Crippen LogP) is 2.22. The van der Waals surface area contributed by atoms with E-state index in [2.05, 4.69) is 11.8 Å². The van der Waals surface area contributed by atoms with Crippen LogP contribution in [0.25, 0.3) is 0 Å². The molecule has 1 unspecified atom stereocenters. The Morgan fingerprint density at radius 1 is 1.58 bits per heavy atom. The monoisotopic (exact) mass is 266 g/mol. The van der Waals surface area contributed by atoms with Crippen LogP contribution < -0.4 is 9.64 Å². The third-order valence-electron chi connectivity index (χ3n) is 3.14. The summed E-state index contributed by atoms with van der Waals surface area (Å²) in [6.45, 7) is 6.41. The molecule has 1 saturated heterocycles. The molecule has 1 fully saturated rings. The SMILES string of the molecule is CCOc1cc(N2CCOCC2C)ccc1[N+](=O)[O-]. The summed E-state index contributed by atoms with van der Waals surface area (Å²) >= 11 is 0. The van der Waals surface area contributed by atoms with Gasteiger partial charge >= 0.3 is 5.69 Å². The molecule has 0 spiro atoms. The maximum Gasteiger partial charge on any atom is 0.311 e. The fraction of sp³-hybridized carbons (Fsp3) is 0.538. The van der Waals surface area contributed by atoms with Gasteiger partial charge in [-0.2, -0.15) is 0 Å². The molecule has 104 valence electrons. The second-order valence-electron chi connectivity index (χ2n) is 4.46. The zero-order chi connectivity index (χ0) is 13.8. The minimum atomic E-state index is -0.419. The molecule has 0 radical (unpaired) electrons. The van der Waals surface area contributed by atoms with Crippen LogP contribution in [-0.2, 0) is 4.74 Å². The molecule has 0 N–H and O–H groups in total. The number of nitro groups is 1. The Morgan fingerprint density at radius 2 is 2.37 bits per heavy atom. The Labute approximate surface area is 112 Å². The molecule has 1 aliphatic heterocycles. The van der Waals surface area contributed by atoms with E-state index in [4.69, 9.17) is 9.47 Å². The van der Waals surface area contributed by atoms with Crippen LogP contribution in [0.15, 0.2) is 18.2 Å². The minimum absolute atomic E-state index is 0.00603. The lowest BCUT2D eigenvalue weighted by Crippen LogP contribution is -2.43. The fourth-order valence-electron chi connectivity index (χ4n) is 2.21. The highest BCUT2D eigenvalue weighted by Crippen LogP contribution is 2.32. The van der Waals surface area contributed by atoms with E-state index >= 15 is 0 Å². The molecule has 1 heterocycles. The van der Waals surface area contributed by atoms with Crippen LogP contribution in [0.2, 0.25) is 0 Å². The van der Waals surface area contributed by atoms with Gasteiger partial charge < -0.3 is 14.4 Å². The van der Waals surface area contributed by atoms with Gasteiger partial charge in [-0.1, -0.05) is 0 Å². The first-order valence-electron chi connectivity index (χ1n) is 6.39. The average molecular weight is 266 g/mol. The van der Waals surface area contributed by atoms with Crippen LogP contribution in [0.4, 0.5) is 11.4 Å². The van der Waals surface area contributed by atoms with Crippen molar-refractivity contribution in [2.24, 2.45) is 0 Å². The number of hydrogen-bond acceptors (Lipinski definition) is 5. The van der Waals surface area contributed by atoms with Crippen LogP contribution in [0, 0.1) is 10.1 Å². The van der Waals surface area contributed by atoms with Crippen molar-refractivity contribution in [3.63, 3.8) is 0 Å². The first kappa shape index (κ1) is 13.6. The van der Waals surface area contributed by atoms with Gasteiger partial charge in [0.05, 0.1) is 24.7 Å². The number of nitro benzene ring substituents is 1. The van der Waals surface area contributed by atoms with Gasteiger partial charge in [0.1, 0.15) is 0 Å². The largest absolute Gasteiger partial charge is 0.487 e. The highest BCUT2D eigenvalue weighted by Gasteiger charge is 2.22. The summed E-state index contributed by atoms with van der Waals surface area (Å²) in [5, 5.41) is 10.9. The molecule has 2 rings (SSSR count). The Morgan fingerprint density at radius 3 is 3.00 bits per heavy atom. The lowest BCUT2D eigenvalue weighted by atomic mass is 10.2. The molecule has 0 aliphatic carbocycles. The number of morpholine rings is 1. The quantitative estimate of drug-likeness (QED) is 0.617. The molecule has 6 heteroatoms. The summed E-state index contributed by atoms with van der Waals surface area (Å²) in [5.41, 5.74) is 0.941. The molecular formula is C13H18N2O4. The van der Waals surface area contributed by atoms with E-state index in [0.717, 1.165) is 12.2 Å². The molecule has 0 amide bonds. The highest BCUT2D eigenvalue weighted by atomic mass is 16.6. The lowest BCUT2D eigenvalue weighted by molar-refractivity contribution is -0.385. The summed E-state index contributed by atoms with van der Waals surface area (Å²) in [6, 6.07) is 5.26. The van der Waals surface area contributed by atoms with E-state index in [1.807, 2.05) is 6.92 Å². The first-order valence-corrected chi connectivity index (χ1v) is 6.39. The van der Waals surface area contributed by atoms with Crippen LogP contribution in [-0.4, -0.2) is 37.3 Å². The summed E-state index contributed by atoms with van der Waals surface area (Å²) in [6.07, 6.45) is 0. The van der Waals surface area contributed by atoms with Crippen molar-refractivity contribution in [3.8, 4) is 5.75 Å². The summed E-state index contributed by atoms with van der Waals surface area (Å²) in [4.78, 5) is 12.7. The standard InChI is InChI=1S/C13H18N2O4/c1-3-19-13-8-11(4-5-12(13)15(16)17)14-6-7-18-9-10(14)2/h4-5,8,10H,3,6-7,9H2,1-2H3. The third kappa shape index (κ3) is 2.96. The minimum Gasteiger partial charge on any atom is -0.487 e. The van der Waals surface area contributed by atoms with Crippen molar-refractivity contribution in [2.75, 3.05) is 31.3 Å². The predicted molar refractivity (Wildman–Crippen MR) is 71.9 cm³/mol. The number of benzene rings is 1. The van der Waals surface area contributed by atoms with Crippen molar-refractivity contribution >= 4 is 11.4 Å². The van der Waals surface area contributed by atoms with Crippen LogP contribution in [0.5, 0.6) is 5.75 Å². The van der Waals surface area contributed by atoms with Gasteiger partial charge in [-0.3, -0.25) is 10.1 Å². The van der Waals surface area contributed by atoms with Gasteiger partial charge in [0.2, 0.25) is 0 Å². The van der Waals surface area contributed by atoms with Gasteiger partial charge in [0.15, 0.2) is 5.75 Å². The van der Waals surface area contributed by atoms with Gasteiger partial charge in [-0.05, 0) is 19.9 Å². The molecule has 0 bridgehead atoms. The molecule has 1 aromatic carbocycles. The van der Waals surface area contributed by atoms with Crippen molar-refractivity contribution < 1.29 is 14.4 Å². The summed E-state index contributed by atoms with van der Waals surface area (Å²) in [7, 11) is 0. The highest BCUT2D eigenvalue weighted by molar-refractivity contribution is 5.59. The van der Waals surface area contributed by atoms with E-state index < -0.39 is 4.92 Å². The lowest BCUT2D eigenvalue weighted by Gasteiger charge is -2.35. The van der Waals surface area contributed by atoms with Gasteiger partial charge in [0, 0.05) is 30.4 Å². The second-order valence-corrected chi connectivity index (χ2v) is 4.46. The van der Waals surface area contributed by atoms with E-state index in [0.29, 0.717) is 25.6 Å². The Balaban J connectivity index is 2.31. The van der Waals surface area contributed by atoms with Crippen molar-refractivity contribution in [3.05, 3.63) is 28.3 Å². The number of nitrogens with zero attached hydrogens (tertiary/aromatic N) is 2. The molecule has 6 nitrogen and oxygen atoms in total. The van der Waals surface area contributed by atoms with E-state index in [9.17, 15) is 10.1 Å². The maximum absolute atomic E-state index is 10.9. The number of ether oxygens (including phenoxy) is 2. The van der Waals surface area contributed by atoms with Crippen LogP contribution in [0.1, 0.15) is 13.8 Å². The molecule has 19 heavy (non-hydrogen) atoms. The number of rotatable bonds is 4. The van der Waals surface area contributed by atoms with Crippen molar-refractivity contribution in [2.45, 2.75) is 19.9 Å². The second kappa shape index (κ2) is 5.88.